The molecule has 0 radical (unpaired) electrons. The van der Waals surface area contributed by atoms with Gasteiger partial charge in [0.15, 0.2) is 5.69 Å². The lowest BCUT2D eigenvalue weighted by Gasteiger charge is -2.13. The van der Waals surface area contributed by atoms with Crippen molar-refractivity contribution in [2.75, 3.05) is 5.32 Å². The number of nitrogens with one attached hydrogen (secondary N) is 1. The number of hydrogen-bond donors (Lipinski definition) is 1. The highest BCUT2D eigenvalue weighted by Crippen LogP contribution is 2.34. The molecule has 1 N–H and O–H groups in total. The van der Waals surface area contributed by atoms with Gasteiger partial charge in [0.25, 0.3) is 5.91 Å². The molecule has 2 aromatic carbocycles. The molecule has 9 heteroatoms. The third-order valence-electron chi connectivity index (χ3n) is 3.73. The third-order valence-corrected chi connectivity index (χ3v) is 3.98. The van der Waals surface area contributed by atoms with Gasteiger partial charge in [0.2, 0.25) is 0 Å². The molecule has 0 saturated heterocycles. The van der Waals surface area contributed by atoms with Crippen molar-refractivity contribution in [3.05, 3.63) is 76.3 Å². The van der Waals surface area contributed by atoms with Gasteiger partial charge in [0.05, 0.1) is 23.1 Å². The van der Waals surface area contributed by atoms with Crippen LogP contribution in [0.5, 0.6) is 0 Å². The maximum Gasteiger partial charge on any atom is 0.434 e. The summed E-state index contributed by atoms with van der Waals surface area (Å²) in [7, 11) is 0. The van der Waals surface area contributed by atoms with E-state index in [-0.39, 0.29) is 11.4 Å². The third kappa shape index (κ3) is 3.95. The molecule has 1 aromatic heterocycles. The molecule has 0 saturated carbocycles. The largest absolute Gasteiger partial charge is 0.434 e. The summed E-state index contributed by atoms with van der Waals surface area (Å²) in [5.74, 6) is -1.87. The van der Waals surface area contributed by atoms with Crippen LogP contribution in [-0.4, -0.2) is 15.7 Å². The normalized spacial score (nSPS) is 11.5. The van der Waals surface area contributed by atoms with Gasteiger partial charge in [0, 0.05) is 5.02 Å². The first-order valence-electron chi connectivity index (χ1n) is 7.65. The van der Waals surface area contributed by atoms with Crippen LogP contribution in [0.3, 0.4) is 0 Å². The van der Waals surface area contributed by atoms with E-state index in [1.54, 1.807) is 6.92 Å². The maximum atomic E-state index is 13.9. The van der Waals surface area contributed by atoms with Gasteiger partial charge in [0.1, 0.15) is 5.82 Å². The Labute approximate surface area is 156 Å². The second-order valence-electron chi connectivity index (χ2n) is 5.73. The average Bonchev–Trinajstić information content (AvgIpc) is 3.03. The molecule has 0 fully saturated rings. The fourth-order valence-corrected chi connectivity index (χ4v) is 2.60. The Bertz CT molecular complexity index is 997. The minimum absolute atomic E-state index is 0.0762. The van der Waals surface area contributed by atoms with E-state index < -0.39 is 29.2 Å². The van der Waals surface area contributed by atoms with Gasteiger partial charge in [-0.2, -0.15) is 18.3 Å². The second-order valence-corrected chi connectivity index (χ2v) is 6.17. The Hall–Kier alpha value is -2.87. The van der Waals surface area contributed by atoms with Gasteiger partial charge in [-0.25, -0.2) is 9.07 Å². The van der Waals surface area contributed by atoms with E-state index in [1.807, 2.05) is 0 Å². The Kier molecular flexibility index (Phi) is 4.93. The summed E-state index contributed by atoms with van der Waals surface area (Å²) < 4.78 is 55.3. The number of nitrogens with zero attached hydrogens (tertiary/aromatic N) is 2. The fraction of sp³-hybridized carbons (Fsp3) is 0.111. The molecule has 0 unspecified atom stereocenters. The molecule has 3 aromatic rings. The van der Waals surface area contributed by atoms with Crippen LogP contribution >= 0.6 is 11.6 Å². The molecule has 0 aliphatic carbocycles. The van der Waals surface area contributed by atoms with E-state index in [0.29, 0.717) is 15.3 Å². The van der Waals surface area contributed by atoms with Gasteiger partial charge in [-0.1, -0.05) is 17.7 Å². The zero-order chi connectivity index (χ0) is 19.8. The van der Waals surface area contributed by atoms with E-state index in [1.165, 1.54) is 36.4 Å². The summed E-state index contributed by atoms with van der Waals surface area (Å²) in [6, 6.07) is 9.45. The molecule has 0 spiro atoms. The van der Waals surface area contributed by atoms with E-state index in [2.05, 4.69) is 10.4 Å². The molecule has 0 aliphatic rings. The lowest BCUT2D eigenvalue weighted by atomic mass is 10.2. The fourth-order valence-electron chi connectivity index (χ4n) is 2.48. The molecule has 140 valence electrons. The quantitative estimate of drug-likeness (QED) is 0.614. The Morgan fingerprint density at radius 1 is 1.15 bits per heavy atom. The highest BCUT2D eigenvalue weighted by atomic mass is 35.5. The second kappa shape index (κ2) is 7.03. The van der Waals surface area contributed by atoms with Gasteiger partial charge < -0.3 is 5.32 Å². The number of carbonyl (C=O) groups excluding carboxylic acids is 1. The smallest absolute Gasteiger partial charge is 0.319 e. The molecular weight excluding hydrogens is 386 g/mol. The average molecular weight is 398 g/mol. The monoisotopic (exact) mass is 397 g/mol. The minimum Gasteiger partial charge on any atom is -0.319 e. The van der Waals surface area contributed by atoms with Gasteiger partial charge in [-0.15, -0.1) is 0 Å². The first kappa shape index (κ1) is 18.9. The van der Waals surface area contributed by atoms with Crippen LogP contribution in [0.2, 0.25) is 5.02 Å². The molecule has 1 heterocycles. The van der Waals surface area contributed by atoms with Crippen LogP contribution in [0, 0.1) is 12.7 Å². The predicted molar refractivity (Wildman–Crippen MR) is 92.7 cm³/mol. The number of carbonyl (C=O) groups is 1. The number of halogens is 5. The number of alkyl halides is 3. The summed E-state index contributed by atoms with van der Waals surface area (Å²) >= 11 is 5.75. The first-order chi connectivity index (χ1) is 12.7. The molecule has 0 bridgehead atoms. The van der Waals surface area contributed by atoms with Gasteiger partial charge in [-0.05, 0) is 48.9 Å². The van der Waals surface area contributed by atoms with Crippen LogP contribution in [0.15, 0.2) is 48.7 Å². The SMILES string of the molecule is Cc1ccc(NC(=O)c2cnn(-c3ccc(Cl)cc3)c2C(F)(F)F)c(F)c1. The summed E-state index contributed by atoms with van der Waals surface area (Å²) in [6.45, 7) is 1.65. The van der Waals surface area contributed by atoms with Crippen LogP contribution in [0.4, 0.5) is 23.2 Å². The van der Waals surface area contributed by atoms with Crippen LogP contribution in [-0.2, 0) is 6.18 Å². The zero-order valence-corrected chi connectivity index (χ0v) is 14.6. The van der Waals surface area contributed by atoms with Crippen molar-refractivity contribution in [1.82, 2.24) is 9.78 Å². The molecule has 3 rings (SSSR count). The predicted octanol–water partition coefficient (Wildman–Crippen LogP) is 5.24. The van der Waals surface area contributed by atoms with Crippen molar-refractivity contribution in [3.8, 4) is 5.69 Å². The van der Waals surface area contributed by atoms with E-state index in [0.717, 1.165) is 12.3 Å². The number of aromatic nitrogens is 2. The van der Waals surface area contributed by atoms with Crippen molar-refractivity contribution in [1.29, 1.82) is 0 Å². The van der Waals surface area contributed by atoms with E-state index in [4.69, 9.17) is 11.6 Å². The maximum absolute atomic E-state index is 13.9. The summed E-state index contributed by atoms with van der Waals surface area (Å²) in [5, 5.41) is 6.17. The Morgan fingerprint density at radius 3 is 2.41 bits per heavy atom. The van der Waals surface area contributed by atoms with E-state index in [9.17, 15) is 22.4 Å². The summed E-state index contributed by atoms with van der Waals surface area (Å²) in [6.07, 6.45) is -4.08. The highest BCUT2D eigenvalue weighted by molar-refractivity contribution is 6.30. The number of amides is 1. The molecule has 27 heavy (non-hydrogen) atoms. The van der Waals surface area contributed by atoms with Crippen molar-refractivity contribution in [3.63, 3.8) is 0 Å². The van der Waals surface area contributed by atoms with Crippen molar-refractivity contribution in [2.24, 2.45) is 0 Å². The van der Waals surface area contributed by atoms with Gasteiger partial charge >= 0.3 is 6.18 Å². The molecule has 0 atom stereocenters. The number of hydrogen-bond acceptors (Lipinski definition) is 2. The first-order valence-corrected chi connectivity index (χ1v) is 8.03. The van der Waals surface area contributed by atoms with Crippen molar-refractivity contribution < 1.29 is 22.4 Å². The van der Waals surface area contributed by atoms with Crippen LogP contribution in [0.1, 0.15) is 21.6 Å². The minimum atomic E-state index is -4.87. The number of rotatable bonds is 3. The van der Waals surface area contributed by atoms with Crippen molar-refractivity contribution >= 4 is 23.2 Å². The standard InChI is InChI=1S/C18H12ClF4N3O/c1-10-2-7-15(14(20)8-10)25-17(27)13-9-24-26(16(13)18(21,22)23)12-5-3-11(19)4-6-12/h2-9H,1H3,(H,25,27). The topological polar surface area (TPSA) is 46.9 Å². The van der Waals surface area contributed by atoms with Crippen molar-refractivity contribution in [2.45, 2.75) is 13.1 Å². The lowest BCUT2D eigenvalue weighted by molar-refractivity contribution is -0.143. The molecule has 1 amide bonds. The van der Waals surface area contributed by atoms with Gasteiger partial charge in [-0.3, -0.25) is 4.79 Å². The number of aryl methyl sites for hydroxylation is 1. The number of anilines is 1. The zero-order valence-electron chi connectivity index (χ0n) is 13.8. The summed E-state index contributed by atoms with van der Waals surface area (Å²) in [5.41, 5.74) is -1.53. The van der Waals surface area contributed by atoms with Crippen LogP contribution < -0.4 is 5.32 Å². The molecule has 0 aliphatic heterocycles. The van der Waals surface area contributed by atoms with E-state index >= 15 is 0 Å². The lowest BCUT2D eigenvalue weighted by Crippen LogP contribution is -2.21. The number of benzene rings is 2. The van der Waals surface area contributed by atoms with Crippen LogP contribution in [0.25, 0.3) is 5.69 Å². The highest BCUT2D eigenvalue weighted by Gasteiger charge is 2.40. The molecule has 4 nitrogen and oxygen atoms in total. The molecular formula is C18H12ClF4N3O. The summed E-state index contributed by atoms with van der Waals surface area (Å²) in [4.78, 5) is 12.4. The Morgan fingerprint density at radius 2 is 1.81 bits per heavy atom. The Balaban J connectivity index is 2.02.